The summed E-state index contributed by atoms with van der Waals surface area (Å²) in [5.74, 6) is -0.0214. The zero-order valence-corrected chi connectivity index (χ0v) is 9.35. The van der Waals surface area contributed by atoms with E-state index in [1.54, 1.807) is 0 Å². The van der Waals surface area contributed by atoms with Gasteiger partial charge < -0.3 is 11.5 Å². The molecule has 5 N–H and O–H groups in total. The first-order valence-electron chi connectivity index (χ1n) is 5.19. The Hall–Kier alpha value is -2.49. The second-order valence-corrected chi connectivity index (χ2v) is 3.69. The smallest absolute Gasteiger partial charge is 0.208 e. The minimum atomic E-state index is -0.0214. The molecule has 0 aliphatic carbocycles. The lowest BCUT2D eigenvalue weighted by Gasteiger charge is -2.06. The van der Waals surface area contributed by atoms with Crippen molar-refractivity contribution in [2.75, 3.05) is 0 Å². The lowest BCUT2D eigenvalue weighted by Crippen LogP contribution is -2.25. The van der Waals surface area contributed by atoms with E-state index in [4.69, 9.17) is 11.5 Å². The van der Waals surface area contributed by atoms with Gasteiger partial charge in [0.05, 0.1) is 5.70 Å². The van der Waals surface area contributed by atoms with Gasteiger partial charge in [0.25, 0.3) is 0 Å². The summed E-state index contributed by atoms with van der Waals surface area (Å²) in [6.45, 7) is 3.87. The number of hydrogen-bond acceptors (Lipinski definition) is 2. The Morgan fingerprint density at radius 3 is 2.47 bits per heavy atom. The Morgan fingerprint density at radius 1 is 1.06 bits per heavy atom. The summed E-state index contributed by atoms with van der Waals surface area (Å²) in [6.07, 6.45) is 0. The monoisotopic (exact) mass is 226 g/mol. The van der Waals surface area contributed by atoms with Gasteiger partial charge in [-0.05, 0) is 22.4 Å². The van der Waals surface area contributed by atoms with Crippen molar-refractivity contribution in [1.29, 1.82) is 0 Å². The summed E-state index contributed by atoms with van der Waals surface area (Å²) in [6, 6.07) is 14.2. The molecule has 4 heteroatoms. The molecule has 0 saturated heterocycles. The number of rotatable bonds is 3. The van der Waals surface area contributed by atoms with Crippen molar-refractivity contribution in [3.8, 4) is 0 Å². The average Bonchev–Trinajstić information content (AvgIpc) is 2.35. The fraction of sp³-hybridized carbons (Fsp3) is 0. The fourth-order valence-electron chi connectivity index (χ4n) is 1.57. The van der Waals surface area contributed by atoms with Crippen molar-refractivity contribution < 1.29 is 0 Å². The molecular weight excluding hydrogens is 212 g/mol. The zero-order chi connectivity index (χ0) is 12.3. The van der Waals surface area contributed by atoms with Gasteiger partial charge in [-0.25, -0.2) is 0 Å². The van der Waals surface area contributed by atoms with E-state index >= 15 is 0 Å². The molecule has 0 spiro atoms. The summed E-state index contributed by atoms with van der Waals surface area (Å²) in [5.41, 5.74) is 14.8. The summed E-state index contributed by atoms with van der Waals surface area (Å²) in [7, 11) is 0. The maximum Gasteiger partial charge on any atom is 0.208 e. The highest BCUT2D eigenvalue weighted by Crippen LogP contribution is 2.18. The molecule has 86 valence electrons. The van der Waals surface area contributed by atoms with Crippen LogP contribution in [0.3, 0.4) is 0 Å². The molecular formula is C13H14N4. The molecule has 2 aromatic carbocycles. The molecule has 17 heavy (non-hydrogen) atoms. The summed E-state index contributed by atoms with van der Waals surface area (Å²) in [4.78, 5) is 0. The van der Waals surface area contributed by atoms with Crippen LogP contribution in [0.4, 0.5) is 0 Å². The minimum absolute atomic E-state index is 0.0214. The normalized spacial score (nSPS) is 9.88. The molecule has 0 atom stereocenters. The minimum Gasteiger partial charge on any atom is -0.369 e. The number of fused-ring (bicyclic) bond motifs is 1. The number of nitrogens with one attached hydrogen (secondary N) is 1. The second-order valence-electron chi connectivity index (χ2n) is 3.69. The van der Waals surface area contributed by atoms with Gasteiger partial charge in [0.1, 0.15) is 0 Å². The number of hydrazone groups is 1. The number of benzene rings is 2. The first-order chi connectivity index (χ1) is 8.16. The SMILES string of the molecule is C=C(NN=C(N)N)c1ccc2ccccc2c1. The highest BCUT2D eigenvalue weighted by atomic mass is 15.3. The van der Waals surface area contributed by atoms with Crippen molar-refractivity contribution >= 4 is 22.4 Å². The molecule has 0 fully saturated rings. The molecule has 2 aromatic rings. The van der Waals surface area contributed by atoms with Gasteiger partial charge in [0.15, 0.2) is 0 Å². The fourth-order valence-corrected chi connectivity index (χ4v) is 1.57. The van der Waals surface area contributed by atoms with Crippen LogP contribution in [-0.2, 0) is 0 Å². The molecule has 0 bridgehead atoms. The van der Waals surface area contributed by atoms with E-state index in [-0.39, 0.29) is 5.96 Å². The molecule has 4 nitrogen and oxygen atoms in total. The highest BCUT2D eigenvalue weighted by molar-refractivity contribution is 5.86. The van der Waals surface area contributed by atoms with Crippen LogP contribution in [-0.4, -0.2) is 5.96 Å². The Labute approximate surface area is 99.6 Å². The number of nitrogens with zero attached hydrogens (tertiary/aromatic N) is 1. The van der Waals surface area contributed by atoms with Gasteiger partial charge in [-0.15, -0.1) is 5.10 Å². The lowest BCUT2D eigenvalue weighted by atomic mass is 10.1. The number of hydrogen-bond donors (Lipinski definition) is 3. The van der Waals surface area contributed by atoms with E-state index in [0.29, 0.717) is 5.70 Å². The predicted molar refractivity (Wildman–Crippen MR) is 71.9 cm³/mol. The molecule has 2 rings (SSSR count). The lowest BCUT2D eigenvalue weighted by molar-refractivity contribution is 0.983. The van der Waals surface area contributed by atoms with Crippen LogP contribution >= 0.6 is 0 Å². The number of nitrogens with two attached hydrogens (primary N) is 2. The van der Waals surface area contributed by atoms with E-state index in [2.05, 4.69) is 23.2 Å². The molecule has 0 heterocycles. The first kappa shape index (κ1) is 11.0. The highest BCUT2D eigenvalue weighted by Gasteiger charge is 1.99. The van der Waals surface area contributed by atoms with Crippen molar-refractivity contribution in [1.82, 2.24) is 5.43 Å². The Balaban J connectivity index is 2.30. The van der Waals surface area contributed by atoms with Crippen LogP contribution in [0.25, 0.3) is 16.5 Å². The standard InChI is InChI=1S/C13H14N4/c1-9(16-17-13(14)15)11-7-6-10-4-2-3-5-12(10)8-11/h2-8,16H,1H2,(H4,14,15,17). The van der Waals surface area contributed by atoms with Gasteiger partial charge in [-0.2, -0.15) is 0 Å². The van der Waals surface area contributed by atoms with Crippen molar-refractivity contribution in [2.24, 2.45) is 16.6 Å². The summed E-state index contributed by atoms with van der Waals surface area (Å²) in [5, 5.41) is 6.04. The van der Waals surface area contributed by atoms with Crippen molar-refractivity contribution in [3.05, 3.63) is 54.6 Å². The second kappa shape index (κ2) is 4.57. The van der Waals surface area contributed by atoms with Gasteiger partial charge >= 0.3 is 0 Å². The van der Waals surface area contributed by atoms with Crippen LogP contribution in [0.2, 0.25) is 0 Å². The van der Waals surface area contributed by atoms with Crippen LogP contribution in [0.5, 0.6) is 0 Å². The first-order valence-corrected chi connectivity index (χ1v) is 5.19. The van der Waals surface area contributed by atoms with Crippen LogP contribution < -0.4 is 16.9 Å². The zero-order valence-electron chi connectivity index (χ0n) is 9.35. The number of guanidine groups is 1. The average molecular weight is 226 g/mol. The van der Waals surface area contributed by atoms with Gasteiger partial charge in [0, 0.05) is 0 Å². The Kier molecular flexibility index (Phi) is 2.96. The van der Waals surface area contributed by atoms with E-state index in [9.17, 15) is 0 Å². The predicted octanol–water partition coefficient (Wildman–Crippen LogP) is 1.59. The molecule has 0 radical (unpaired) electrons. The molecule has 0 amide bonds. The van der Waals surface area contributed by atoms with Crippen molar-refractivity contribution in [2.45, 2.75) is 0 Å². The summed E-state index contributed by atoms with van der Waals surface area (Å²) >= 11 is 0. The van der Waals surface area contributed by atoms with Crippen LogP contribution in [0.15, 0.2) is 54.1 Å². The molecule has 0 aliphatic rings. The van der Waals surface area contributed by atoms with Crippen LogP contribution in [0, 0.1) is 0 Å². The molecule has 0 saturated carbocycles. The largest absolute Gasteiger partial charge is 0.369 e. The summed E-state index contributed by atoms with van der Waals surface area (Å²) < 4.78 is 0. The van der Waals surface area contributed by atoms with E-state index in [1.807, 2.05) is 36.4 Å². The third-order valence-electron chi connectivity index (χ3n) is 2.42. The van der Waals surface area contributed by atoms with Gasteiger partial charge in [-0.1, -0.05) is 43.0 Å². The molecule has 0 unspecified atom stereocenters. The Bertz CT molecular complexity index is 583. The van der Waals surface area contributed by atoms with E-state index < -0.39 is 0 Å². The maximum atomic E-state index is 5.23. The van der Waals surface area contributed by atoms with Crippen molar-refractivity contribution in [3.63, 3.8) is 0 Å². The molecule has 0 aliphatic heterocycles. The quantitative estimate of drug-likeness (QED) is 0.422. The van der Waals surface area contributed by atoms with Crippen LogP contribution in [0.1, 0.15) is 5.56 Å². The maximum absolute atomic E-state index is 5.23. The van der Waals surface area contributed by atoms with Gasteiger partial charge in [-0.3, -0.25) is 5.43 Å². The molecule has 0 aromatic heterocycles. The third-order valence-corrected chi connectivity index (χ3v) is 2.42. The van der Waals surface area contributed by atoms with E-state index in [1.165, 1.54) is 5.39 Å². The third kappa shape index (κ3) is 2.55. The van der Waals surface area contributed by atoms with E-state index in [0.717, 1.165) is 10.9 Å². The van der Waals surface area contributed by atoms with Gasteiger partial charge in [0.2, 0.25) is 5.96 Å². The topological polar surface area (TPSA) is 76.4 Å². The Morgan fingerprint density at radius 2 is 1.76 bits per heavy atom.